The van der Waals surface area contributed by atoms with Gasteiger partial charge in [-0.1, -0.05) is 0 Å². The first-order valence-electron chi connectivity index (χ1n) is 5.99. The number of pyridine rings is 1. The summed E-state index contributed by atoms with van der Waals surface area (Å²) in [4.78, 5) is 26.4. The number of carboxylic acid groups (broad SMARTS) is 1. The van der Waals surface area contributed by atoms with Gasteiger partial charge in [-0.2, -0.15) is 0 Å². The molecule has 0 saturated heterocycles. The average molecular weight is 289 g/mol. The van der Waals surface area contributed by atoms with Crippen LogP contribution in [0.4, 0.5) is 15.8 Å². The normalized spacial score (nSPS) is 10.1. The van der Waals surface area contributed by atoms with Crippen molar-refractivity contribution >= 4 is 23.3 Å². The maximum Gasteiger partial charge on any atom is 0.338 e. The van der Waals surface area contributed by atoms with Gasteiger partial charge >= 0.3 is 5.97 Å². The minimum absolute atomic E-state index is 0.00256. The summed E-state index contributed by atoms with van der Waals surface area (Å²) in [5, 5.41) is 11.2. The van der Waals surface area contributed by atoms with E-state index in [-0.39, 0.29) is 12.1 Å². The van der Waals surface area contributed by atoms with Crippen LogP contribution in [0, 0.1) is 5.82 Å². The molecule has 108 valence electrons. The van der Waals surface area contributed by atoms with Gasteiger partial charge in [-0.15, -0.1) is 0 Å². The smallest absolute Gasteiger partial charge is 0.338 e. The molecule has 1 amide bonds. The van der Waals surface area contributed by atoms with Gasteiger partial charge in [0.1, 0.15) is 5.82 Å². The predicted molar refractivity (Wildman–Crippen MR) is 74.3 cm³/mol. The van der Waals surface area contributed by atoms with Gasteiger partial charge in [0, 0.05) is 11.4 Å². The second kappa shape index (κ2) is 6.00. The quantitative estimate of drug-likeness (QED) is 0.794. The van der Waals surface area contributed by atoms with Gasteiger partial charge in [-0.05, 0) is 30.3 Å². The fraction of sp³-hybridized carbons (Fsp3) is 0.0714. The number of hydrogen-bond donors (Lipinski definition) is 3. The van der Waals surface area contributed by atoms with Crippen molar-refractivity contribution in [3.05, 3.63) is 53.6 Å². The number of hydrogen-bond acceptors (Lipinski definition) is 4. The molecule has 0 bridgehead atoms. The zero-order valence-corrected chi connectivity index (χ0v) is 10.8. The number of carbonyl (C=O) groups is 2. The molecule has 6 nitrogen and oxygen atoms in total. The second-order valence-electron chi connectivity index (χ2n) is 4.31. The molecule has 0 unspecified atom stereocenters. The van der Waals surface area contributed by atoms with E-state index in [1.165, 1.54) is 12.3 Å². The number of nitrogen functional groups attached to an aromatic ring is 1. The number of nitrogens with one attached hydrogen (secondary N) is 1. The van der Waals surface area contributed by atoms with E-state index in [9.17, 15) is 14.0 Å². The van der Waals surface area contributed by atoms with Crippen LogP contribution in [-0.2, 0) is 11.2 Å². The maximum absolute atomic E-state index is 13.5. The molecule has 2 aromatic rings. The lowest BCUT2D eigenvalue weighted by molar-refractivity contribution is -0.115. The molecule has 2 rings (SSSR count). The fourth-order valence-corrected chi connectivity index (χ4v) is 1.68. The Kier molecular flexibility index (Phi) is 4.13. The van der Waals surface area contributed by atoms with E-state index in [1.54, 1.807) is 12.1 Å². The summed E-state index contributed by atoms with van der Waals surface area (Å²) >= 11 is 0. The van der Waals surface area contributed by atoms with Gasteiger partial charge in [-0.25, -0.2) is 9.18 Å². The van der Waals surface area contributed by atoms with Crippen LogP contribution in [0.3, 0.4) is 0 Å². The first-order valence-corrected chi connectivity index (χ1v) is 5.99. The molecule has 0 aliphatic rings. The summed E-state index contributed by atoms with van der Waals surface area (Å²) in [6.07, 6.45) is 1.44. The molecule has 0 spiro atoms. The number of carboxylic acids is 1. The molecule has 21 heavy (non-hydrogen) atoms. The first kappa shape index (κ1) is 14.4. The number of nitrogens with two attached hydrogens (primary N) is 1. The lowest BCUT2D eigenvalue weighted by atomic mass is 10.2. The summed E-state index contributed by atoms with van der Waals surface area (Å²) in [6.45, 7) is 0. The largest absolute Gasteiger partial charge is 0.478 e. The number of benzene rings is 1. The van der Waals surface area contributed by atoms with Crippen LogP contribution >= 0.6 is 0 Å². The van der Waals surface area contributed by atoms with Gasteiger partial charge in [0.2, 0.25) is 5.91 Å². The first-order chi connectivity index (χ1) is 9.95. The molecule has 4 N–H and O–H groups in total. The molecule has 0 atom stereocenters. The minimum atomic E-state index is -1.36. The Morgan fingerprint density at radius 2 is 2.05 bits per heavy atom. The van der Waals surface area contributed by atoms with Crippen molar-refractivity contribution in [3.63, 3.8) is 0 Å². The summed E-state index contributed by atoms with van der Waals surface area (Å²) in [5.74, 6) is -2.67. The zero-order chi connectivity index (χ0) is 15.4. The Morgan fingerprint density at radius 3 is 2.62 bits per heavy atom. The number of nitrogens with zero attached hydrogens (tertiary/aromatic N) is 1. The highest BCUT2D eigenvalue weighted by atomic mass is 19.1. The number of aromatic carboxylic acids is 1. The number of amides is 1. The van der Waals surface area contributed by atoms with E-state index < -0.39 is 23.3 Å². The average Bonchev–Trinajstić information content (AvgIpc) is 2.41. The lowest BCUT2D eigenvalue weighted by Gasteiger charge is -2.06. The summed E-state index contributed by atoms with van der Waals surface area (Å²) < 4.78 is 13.5. The number of carbonyl (C=O) groups excluding carboxylic acids is 1. The zero-order valence-electron chi connectivity index (χ0n) is 10.8. The van der Waals surface area contributed by atoms with E-state index in [2.05, 4.69) is 10.3 Å². The van der Waals surface area contributed by atoms with Crippen molar-refractivity contribution in [2.24, 2.45) is 0 Å². The third kappa shape index (κ3) is 3.75. The molecule has 0 fully saturated rings. The van der Waals surface area contributed by atoms with Crippen LogP contribution in [0.1, 0.15) is 16.1 Å². The minimum Gasteiger partial charge on any atom is -0.478 e. The topological polar surface area (TPSA) is 105 Å². The standard InChI is InChI=1S/C14H12FN3O3/c15-12-5-10(3-4-11(12)14(20)21)18-13(19)6-9-2-1-8(16)7-17-9/h1-5,7H,6,16H2,(H,18,19)(H,20,21). The van der Waals surface area contributed by atoms with E-state index in [0.29, 0.717) is 11.4 Å². The van der Waals surface area contributed by atoms with Crippen LogP contribution < -0.4 is 11.1 Å². The van der Waals surface area contributed by atoms with Gasteiger partial charge in [0.15, 0.2) is 0 Å². The third-order valence-corrected chi connectivity index (χ3v) is 2.67. The molecule has 1 aromatic carbocycles. The Balaban J connectivity index is 2.04. The van der Waals surface area contributed by atoms with Crippen LogP contribution in [0.15, 0.2) is 36.5 Å². The molecular formula is C14H12FN3O3. The number of rotatable bonds is 4. The highest BCUT2D eigenvalue weighted by Crippen LogP contribution is 2.15. The van der Waals surface area contributed by atoms with E-state index >= 15 is 0 Å². The van der Waals surface area contributed by atoms with E-state index in [0.717, 1.165) is 12.1 Å². The Labute approximate surface area is 119 Å². The van der Waals surface area contributed by atoms with Crippen molar-refractivity contribution in [1.82, 2.24) is 4.98 Å². The van der Waals surface area contributed by atoms with Crippen LogP contribution in [0.2, 0.25) is 0 Å². The number of aromatic nitrogens is 1. The molecule has 7 heteroatoms. The van der Waals surface area contributed by atoms with Crippen molar-refractivity contribution in [3.8, 4) is 0 Å². The van der Waals surface area contributed by atoms with Crippen molar-refractivity contribution in [1.29, 1.82) is 0 Å². The highest BCUT2D eigenvalue weighted by Gasteiger charge is 2.12. The van der Waals surface area contributed by atoms with Crippen LogP contribution in [-0.4, -0.2) is 22.0 Å². The Bertz CT molecular complexity index is 686. The molecule has 0 saturated carbocycles. The molecule has 0 aliphatic carbocycles. The summed E-state index contributed by atoms with van der Waals surface area (Å²) in [5.41, 5.74) is 6.22. The summed E-state index contributed by atoms with van der Waals surface area (Å²) in [7, 11) is 0. The SMILES string of the molecule is Nc1ccc(CC(=O)Nc2ccc(C(=O)O)c(F)c2)nc1. The third-order valence-electron chi connectivity index (χ3n) is 2.67. The highest BCUT2D eigenvalue weighted by molar-refractivity contribution is 5.93. The monoisotopic (exact) mass is 289 g/mol. The molecule has 0 radical (unpaired) electrons. The van der Waals surface area contributed by atoms with Crippen molar-refractivity contribution in [2.45, 2.75) is 6.42 Å². The molecule has 1 heterocycles. The Morgan fingerprint density at radius 1 is 1.29 bits per heavy atom. The van der Waals surface area contributed by atoms with Gasteiger partial charge < -0.3 is 16.2 Å². The summed E-state index contributed by atoms with van der Waals surface area (Å²) in [6, 6.07) is 6.60. The van der Waals surface area contributed by atoms with Gasteiger partial charge in [-0.3, -0.25) is 9.78 Å². The van der Waals surface area contributed by atoms with Crippen LogP contribution in [0.5, 0.6) is 0 Å². The fourth-order valence-electron chi connectivity index (χ4n) is 1.68. The molecule has 1 aromatic heterocycles. The number of halogens is 1. The molecular weight excluding hydrogens is 277 g/mol. The van der Waals surface area contributed by atoms with E-state index in [1.807, 2.05) is 0 Å². The Hall–Kier alpha value is -2.96. The second-order valence-corrected chi connectivity index (χ2v) is 4.31. The van der Waals surface area contributed by atoms with Crippen molar-refractivity contribution in [2.75, 3.05) is 11.1 Å². The predicted octanol–water partition coefficient (Wildman–Crippen LogP) is 1.68. The maximum atomic E-state index is 13.5. The lowest BCUT2D eigenvalue weighted by Crippen LogP contribution is -2.15. The molecule has 0 aliphatic heterocycles. The van der Waals surface area contributed by atoms with Crippen LogP contribution in [0.25, 0.3) is 0 Å². The van der Waals surface area contributed by atoms with E-state index in [4.69, 9.17) is 10.8 Å². The van der Waals surface area contributed by atoms with Gasteiger partial charge in [0.05, 0.1) is 23.9 Å². The van der Waals surface area contributed by atoms with Gasteiger partial charge in [0.25, 0.3) is 0 Å². The van der Waals surface area contributed by atoms with Crippen molar-refractivity contribution < 1.29 is 19.1 Å². The number of anilines is 2.